The summed E-state index contributed by atoms with van der Waals surface area (Å²) in [6.07, 6.45) is 2.04. The standard InChI is InChI=1S/C15H20N2O/c1-11(2)17-9-8-13(16-17)10-15(18)14-7-5-4-6-12(14)3/h4-9,11,15,18H,10H2,1-3H3. The van der Waals surface area contributed by atoms with E-state index in [0.717, 1.165) is 16.8 Å². The van der Waals surface area contributed by atoms with Crippen molar-refractivity contribution in [1.82, 2.24) is 9.78 Å². The smallest absolute Gasteiger partial charge is 0.0848 e. The molecule has 0 aliphatic heterocycles. The summed E-state index contributed by atoms with van der Waals surface area (Å²) >= 11 is 0. The molecule has 0 saturated carbocycles. The molecule has 0 spiro atoms. The van der Waals surface area contributed by atoms with E-state index < -0.39 is 6.10 Å². The molecule has 0 fully saturated rings. The van der Waals surface area contributed by atoms with Crippen LogP contribution in [0.1, 0.15) is 42.8 Å². The van der Waals surface area contributed by atoms with Crippen LogP contribution >= 0.6 is 0 Å². The van der Waals surface area contributed by atoms with Crippen molar-refractivity contribution in [3.8, 4) is 0 Å². The molecule has 1 aromatic heterocycles. The predicted octanol–water partition coefficient (Wildman–Crippen LogP) is 3.05. The molecule has 96 valence electrons. The lowest BCUT2D eigenvalue weighted by atomic mass is 10.0. The molecule has 18 heavy (non-hydrogen) atoms. The first-order chi connectivity index (χ1) is 8.58. The molecule has 1 atom stereocenters. The molecule has 2 rings (SSSR count). The van der Waals surface area contributed by atoms with Crippen LogP contribution in [-0.2, 0) is 6.42 Å². The van der Waals surface area contributed by atoms with Gasteiger partial charge >= 0.3 is 0 Å². The van der Waals surface area contributed by atoms with Crippen molar-refractivity contribution in [2.24, 2.45) is 0 Å². The van der Waals surface area contributed by atoms with E-state index >= 15 is 0 Å². The third kappa shape index (κ3) is 2.79. The largest absolute Gasteiger partial charge is 0.388 e. The van der Waals surface area contributed by atoms with Crippen LogP contribution in [-0.4, -0.2) is 14.9 Å². The summed E-state index contributed by atoms with van der Waals surface area (Å²) in [5, 5.41) is 14.7. The molecular weight excluding hydrogens is 224 g/mol. The number of aromatic nitrogens is 2. The first-order valence-corrected chi connectivity index (χ1v) is 6.35. The van der Waals surface area contributed by atoms with E-state index in [9.17, 15) is 5.11 Å². The van der Waals surface area contributed by atoms with E-state index in [2.05, 4.69) is 18.9 Å². The molecular formula is C15H20N2O. The molecule has 0 bridgehead atoms. The van der Waals surface area contributed by atoms with Crippen molar-refractivity contribution in [2.75, 3.05) is 0 Å². The first kappa shape index (κ1) is 12.8. The fourth-order valence-corrected chi connectivity index (χ4v) is 2.04. The second kappa shape index (κ2) is 5.36. The summed E-state index contributed by atoms with van der Waals surface area (Å²) in [6.45, 7) is 6.20. The van der Waals surface area contributed by atoms with E-state index in [1.807, 2.05) is 48.1 Å². The number of aliphatic hydroxyl groups excluding tert-OH is 1. The minimum atomic E-state index is -0.485. The lowest BCUT2D eigenvalue weighted by Gasteiger charge is -2.12. The summed E-state index contributed by atoms with van der Waals surface area (Å²) < 4.78 is 1.92. The Morgan fingerprint density at radius 3 is 2.56 bits per heavy atom. The van der Waals surface area contributed by atoms with Gasteiger partial charge in [0.15, 0.2) is 0 Å². The van der Waals surface area contributed by atoms with Crippen molar-refractivity contribution in [1.29, 1.82) is 0 Å². The zero-order chi connectivity index (χ0) is 13.1. The van der Waals surface area contributed by atoms with Crippen LogP contribution in [0.15, 0.2) is 36.5 Å². The number of aliphatic hydroxyl groups is 1. The Kier molecular flexibility index (Phi) is 3.82. The molecule has 3 nitrogen and oxygen atoms in total. The van der Waals surface area contributed by atoms with Crippen molar-refractivity contribution >= 4 is 0 Å². The van der Waals surface area contributed by atoms with Crippen LogP contribution < -0.4 is 0 Å². The van der Waals surface area contributed by atoms with E-state index in [-0.39, 0.29) is 0 Å². The maximum Gasteiger partial charge on any atom is 0.0848 e. The van der Waals surface area contributed by atoms with E-state index in [4.69, 9.17) is 0 Å². The third-order valence-electron chi connectivity index (χ3n) is 3.14. The van der Waals surface area contributed by atoms with Crippen molar-refractivity contribution in [3.05, 3.63) is 53.3 Å². The van der Waals surface area contributed by atoms with Crippen LogP contribution in [0.25, 0.3) is 0 Å². The highest BCUT2D eigenvalue weighted by Gasteiger charge is 2.12. The number of nitrogens with zero attached hydrogens (tertiary/aromatic N) is 2. The SMILES string of the molecule is Cc1ccccc1C(O)Cc1ccn(C(C)C)n1. The highest BCUT2D eigenvalue weighted by atomic mass is 16.3. The zero-order valence-corrected chi connectivity index (χ0v) is 11.2. The summed E-state index contributed by atoms with van der Waals surface area (Å²) in [5.74, 6) is 0. The van der Waals surface area contributed by atoms with Crippen molar-refractivity contribution < 1.29 is 5.11 Å². The van der Waals surface area contributed by atoms with Gasteiger partial charge in [0.05, 0.1) is 11.8 Å². The summed E-state index contributed by atoms with van der Waals surface area (Å²) in [7, 11) is 0. The minimum absolute atomic E-state index is 0.356. The maximum atomic E-state index is 10.3. The van der Waals surface area contributed by atoms with E-state index in [1.54, 1.807) is 0 Å². The lowest BCUT2D eigenvalue weighted by molar-refractivity contribution is 0.176. The predicted molar refractivity (Wildman–Crippen MR) is 72.5 cm³/mol. The zero-order valence-electron chi connectivity index (χ0n) is 11.2. The number of hydrogen-bond donors (Lipinski definition) is 1. The van der Waals surface area contributed by atoms with Crippen LogP contribution in [0, 0.1) is 6.92 Å². The number of rotatable bonds is 4. The topological polar surface area (TPSA) is 38.0 Å². The fraction of sp³-hybridized carbons (Fsp3) is 0.400. The Bertz CT molecular complexity index is 517. The molecule has 2 aromatic rings. The number of benzene rings is 1. The molecule has 0 radical (unpaired) electrons. The molecule has 0 saturated heterocycles. The first-order valence-electron chi connectivity index (χ1n) is 6.35. The van der Waals surface area contributed by atoms with Crippen LogP contribution in [0.2, 0.25) is 0 Å². The van der Waals surface area contributed by atoms with Gasteiger partial charge in [-0.25, -0.2) is 0 Å². The molecule has 3 heteroatoms. The summed E-state index contributed by atoms with van der Waals surface area (Å²) in [5.41, 5.74) is 3.03. The van der Waals surface area contributed by atoms with Gasteiger partial charge < -0.3 is 5.11 Å². The van der Waals surface area contributed by atoms with Crippen LogP contribution in [0.3, 0.4) is 0 Å². The van der Waals surface area contributed by atoms with Gasteiger partial charge in [-0.05, 0) is 38.0 Å². The second-order valence-electron chi connectivity index (χ2n) is 4.96. The van der Waals surface area contributed by atoms with Gasteiger partial charge in [-0.3, -0.25) is 4.68 Å². The number of hydrogen-bond acceptors (Lipinski definition) is 2. The molecule has 1 unspecified atom stereocenters. The monoisotopic (exact) mass is 244 g/mol. The highest BCUT2D eigenvalue weighted by Crippen LogP contribution is 2.21. The van der Waals surface area contributed by atoms with Gasteiger partial charge in [0.25, 0.3) is 0 Å². The molecule has 1 N–H and O–H groups in total. The molecule has 1 aromatic carbocycles. The summed E-state index contributed by atoms with van der Waals surface area (Å²) in [4.78, 5) is 0. The molecule has 1 heterocycles. The van der Waals surface area contributed by atoms with Gasteiger partial charge in [0.1, 0.15) is 0 Å². The van der Waals surface area contributed by atoms with E-state index in [0.29, 0.717) is 12.5 Å². The lowest BCUT2D eigenvalue weighted by Crippen LogP contribution is -2.06. The van der Waals surface area contributed by atoms with Crippen molar-refractivity contribution in [3.63, 3.8) is 0 Å². The Hall–Kier alpha value is -1.61. The van der Waals surface area contributed by atoms with Gasteiger partial charge in [-0.1, -0.05) is 24.3 Å². The number of aryl methyl sites for hydroxylation is 1. The van der Waals surface area contributed by atoms with E-state index in [1.165, 1.54) is 0 Å². The highest BCUT2D eigenvalue weighted by molar-refractivity contribution is 5.28. The quantitative estimate of drug-likeness (QED) is 0.897. The Morgan fingerprint density at radius 1 is 1.22 bits per heavy atom. The Labute approximate surface area is 108 Å². The fourth-order valence-electron chi connectivity index (χ4n) is 2.04. The molecule has 0 aliphatic carbocycles. The average molecular weight is 244 g/mol. The van der Waals surface area contributed by atoms with Crippen LogP contribution in [0.5, 0.6) is 0 Å². The second-order valence-corrected chi connectivity index (χ2v) is 4.96. The molecule has 0 amide bonds. The Balaban J connectivity index is 2.11. The van der Waals surface area contributed by atoms with Gasteiger partial charge in [-0.15, -0.1) is 0 Å². The maximum absolute atomic E-state index is 10.3. The third-order valence-corrected chi connectivity index (χ3v) is 3.14. The normalized spacial score (nSPS) is 12.9. The van der Waals surface area contributed by atoms with Gasteiger partial charge in [0, 0.05) is 18.7 Å². The van der Waals surface area contributed by atoms with Gasteiger partial charge in [0.2, 0.25) is 0 Å². The van der Waals surface area contributed by atoms with Crippen molar-refractivity contribution in [2.45, 2.75) is 39.3 Å². The average Bonchev–Trinajstić information content (AvgIpc) is 2.78. The summed E-state index contributed by atoms with van der Waals surface area (Å²) in [6, 6.07) is 10.3. The minimum Gasteiger partial charge on any atom is -0.388 e. The Morgan fingerprint density at radius 2 is 1.94 bits per heavy atom. The van der Waals surface area contributed by atoms with Gasteiger partial charge in [-0.2, -0.15) is 5.10 Å². The molecule has 0 aliphatic rings. The van der Waals surface area contributed by atoms with Crippen LogP contribution in [0.4, 0.5) is 0 Å².